The van der Waals surface area contributed by atoms with Crippen molar-refractivity contribution in [2.24, 2.45) is 0 Å². The van der Waals surface area contributed by atoms with Crippen molar-refractivity contribution in [2.75, 3.05) is 26.3 Å². The number of H-pyrrole nitrogens is 1. The molecule has 1 saturated heterocycles. The number of hydrogen-bond acceptors (Lipinski definition) is 6. The first-order valence-corrected chi connectivity index (χ1v) is 9.67. The molecule has 0 saturated carbocycles. The molecule has 1 aliphatic rings. The highest BCUT2D eigenvalue weighted by Gasteiger charge is 2.26. The Morgan fingerprint density at radius 2 is 2.13 bits per heavy atom. The zero-order valence-electron chi connectivity index (χ0n) is 12.7. The Morgan fingerprint density at radius 1 is 1.35 bits per heavy atom. The molecule has 1 aromatic carbocycles. The molecule has 0 bridgehead atoms. The highest BCUT2D eigenvalue weighted by molar-refractivity contribution is 7.98. The Labute approximate surface area is 139 Å². The molecular weight excluding hydrogens is 336 g/mol. The molecule has 7 nitrogen and oxygen atoms in total. The fourth-order valence-electron chi connectivity index (χ4n) is 2.27. The van der Waals surface area contributed by atoms with Gasteiger partial charge in [-0.1, -0.05) is 23.9 Å². The van der Waals surface area contributed by atoms with E-state index in [4.69, 9.17) is 4.74 Å². The van der Waals surface area contributed by atoms with Crippen molar-refractivity contribution in [3.63, 3.8) is 0 Å². The lowest BCUT2D eigenvalue weighted by Gasteiger charge is -2.26. The lowest BCUT2D eigenvalue weighted by atomic mass is 10.2. The Kier molecular flexibility index (Phi) is 5.00. The summed E-state index contributed by atoms with van der Waals surface area (Å²) in [7, 11) is -3.46. The van der Waals surface area contributed by atoms with Crippen LogP contribution in [0, 0.1) is 6.92 Å². The molecule has 3 rings (SSSR count). The summed E-state index contributed by atoms with van der Waals surface area (Å²) in [5.41, 5.74) is 0.923. The number of morpholine rings is 1. The van der Waals surface area contributed by atoms with E-state index in [9.17, 15) is 8.42 Å². The number of hydrogen-bond donors (Lipinski definition) is 1. The van der Waals surface area contributed by atoms with Crippen LogP contribution >= 0.6 is 11.8 Å². The van der Waals surface area contributed by atoms with Gasteiger partial charge in [0.2, 0.25) is 15.2 Å². The van der Waals surface area contributed by atoms with Gasteiger partial charge in [-0.05, 0) is 24.6 Å². The quantitative estimate of drug-likeness (QED) is 0.817. The van der Waals surface area contributed by atoms with E-state index < -0.39 is 10.0 Å². The monoisotopic (exact) mass is 354 g/mol. The van der Waals surface area contributed by atoms with Gasteiger partial charge in [0.05, 0.1) is 18.1 Å². The van der Waals surface area contributed by atoms with Crippen molar-refractivity contribution in [1.29, 1.82) is 0 Å². The lowest BCUT2D eigenvalue weighted by molar-refractivity contribution is 0.0730. The molecule has 0 unspecified atom stereocenters. The number of aromatic nitrogens is 3. The third-order valence-corrected chi connectivity index (χ3v) is 6.26. The van der Waals surface area contributed by atoms with E-state index in [-0.39, 0.29) is 0 Å². The SMILES string of the molecule is Cc1nc(SCc2cccc(S(=O)(=O)N3CCOCC3)c2)n[nH]1. The Hall–Kier alpha value is -1.42. The van der Waals surface area contributed by atoms with Gasteiger partial charge < -0.3 is 4.74 Å². The predicted molar refractivity (Wildman–Crippen MR) is 86.7 cm³/mol. The second kappa shape index (κ2) is 7.00. The van der Waals surface area contributed by atoms with Crippen LogP contribution in [0.1, 0.15) is 11.4 Å². The van der Waals surface area contributed by atoms with Gasteiger partial charge in [0.1, 0.15) is 5.82 Å². The number of ether oxygens (including phenoxy) is 1. The van der Waals surface area contributed by atoms with Gasteiger partial charge in [0.25, 0.3) is 0 Å². The standard InChI is InChI=1S/C14H18N4O3S2/c1-11-15-14(17-16-11)22-10-12-3-2-4-13(9-12)23(19,20)18-5-7-21-8-6-18/h2-4,9H,5-8,10H2,1H3,(H,15,16,17). The van der Waals surface area contributed by atoms with Crippen LogP contribution in [-0.2, 0) is 20.5 Å². The summed E-state index contributed by atoms with van der Waals surface area (Å²) in [4.78, 5) is 4.55. The van der Waals surface area contributed by atoms with Gasteiger partial charge in [0, 0.05) is 18.8 Å². The number of thioether (sulfide) groups is 1. The van der Waals surface area contributed by atoms with Gasteiger partial charge >= 0.3 is 0 Å². The van der Waals surface area contributed by atoms with Gasteiger partial charge in [-0.15, -0.1) is 5.10 Å². The molecule has 1 aromatic heterocycles. The maximum Gasteiger partial charge on any atom is 0.243 e. The second-order valence-electron chi connectivity index (χ2n) is 5.16. The molecule has 1 fully saturated rings. The fraction of sp³-hybridized carbons (Fsp3) is 0.429. The van der Waals surface area contributed by atoms with E-state index in [0.29, 0.717) is 42.1 Å². The number of aromatic amines is 1. The van der Waals surface area contributed by atoms with Crippen LogP contribution in [0.2, 0.25) is 0 Å². The lowest BCUT2D eigenvalue weighted by Crippen LogP contribution is -2.40. The van der Waals surface area contributed by atoms with Crippen LogP contribution in [0.3, 0.4) is 0 Å². The first-order valence-electron chi connectivity index (χ1n) is 7.24. The van der Waals surface area contributed by atoms with E-state index in [1.165, 1.54) is 16.1 Å². The maximum absolute atomic E-state index is 12.7. The van der Waals surface area contributed by atoms with Crippen molar-refractivity contribution >= 4 is 21.8 Å². The third kappa shape index (κ3) is 3.92. The summed E-state index contributed by atoms with van der Waals surface area (Å²) in [5.74, 6) is 1.38. The summed E-state index contributed by atoms with van der Waals surface area (Å²) in [5, 5.41) is 7.51. The summed E-state index contributed by atoms with van der Waals surface area (Å²) < 4.78 is 32.0. The van der Waals surface area contributed by atoms with Gasteiger partial charge in [-0.2, -0.15) is 4.31 Å². The molecule has 1 N–H and O–H groups in total. The summed E-state index contributed by atoms with van der Waals surface area (Å²) >= 11 is 1.47. The van der Waals surface area contributed by atoms with Crippen molar-refractivity contribution in [2.45, 2.75) is 22.7 Å². The van der Waals surface area contributed by atoms with Crippen LogP contribution in [0.4, 0.5) is 0 Å². The molecule has 23 heavy (non-hydrogen) atoms. The van der Waals surface area contributed by atoms with Gasteiger partial charge in [0.15, 0.2) is 0 Å². The van der Waals surface area contributed by atoms with E-state index in [0.717, 1.165) is 11.4 Å². The number of sulfonamides is 1. The molecule has 1 aliphatic heterocycles. The van der Waals surface area contributed by atoms with Crippen LogP contribution in [0.15, 0.2) is 34.3 Å². The number of benzene rings is 1. The zero-order valence-corrected chi connectivity index (χ0v) is 14.4. The van der Waals surface area contributed by atoms with Crippen LogP contribution in [0.5, 0.6) is 0 Å². The minimum Gasteiger partial charge on any atom is -0.379 e. The Morgan fingerprint density at radius 3 is 2.83 bits per heavy atom. The van der Waals surface area contributed by atoms with E-state index >= 15 is 0 Å². The van der Waals surface area contributed by atoms with E-state index in [1.807, 2.05) is 13.0 Å². The normalized spacial score (nSPS) is 16.6. The molecule has 0 atom stereocenters. The zero-order chi connectivity index (χ0) is 16.3. The number of nitrogens with one attached hydrogen (secondary N) is 1. The third-order valence-electron chi connectivity index (χ3n) is 3.45. The summed E-state index contributed by atoms with van der Waals surface area (Å²) in [6, 6.07) is 7.03. The van der Waals surface area contributed by atoms with Crippen molar-refractivity contribution < 1.29 is 13.2 Å². The van der Waals surface area contributed by atoms with Crippen LogP contribution in [-0.4, -0.2) is 54.2 Å². The van der Waals surface area contributed by atoms with Crippen molar-refractivity contribution in [3.05, 3.63) is 35.7 Å². The minimum atomic E-state index is -3.46. The molecule has 0 radical (unpaired) electrons. The fourth-order valence-corrected chi connectivity index (χ4v) is 4.53. The highest BCUT2D eigenvalue weighted by atomic mass is 32.2. The molecule has 124 valence electrons. The van der Waals surface area contributed by atoms with Crippen LogP contribution < -0.4 is 0 Å². The Bertz CT molecular complexity index is 770. The Balaban J connectivity index is 1.73. The van der Waals surface area contributed by atoms with Gasteiger partial charge in [-0.3, -0.25) is 5.10 Å². The molecule has 9 heteroatoms. The van der Waals surface area contributed by atoms with Gasteiger partial charge in [-0.25, -0.2) is 13.4 Å². The first kappa shape index (κ1) is 16.4. The number of aryl methyl sites for hydroxylation is 1. The smallest absolute Gasteiger partial charge is 0.243 e. The second-order valence-corrected chi connectivity index (χ2v) is 8.04. The number of rotatable bonds is 5. The molecule has 0 spiro atoms. The average molecular weight is 354 g/mol. The average Bonchev–Trinajstić information content (AvgIpc) is 2.99. The minimum absolute atomic E-state index is 0.323. The summed E-state index contributed by atoms with van der Waals surface area (Å²) in [6.07, 6.45) is 0. The molecular formula is C14H18N4O3S2. The largest absolute Gasteiger partial charge is 0.379 e. The molecule has 0 aliphatic carbocycles. The topological polar surface area (TPSA) is 88.2 Å². The number of nitrogens with zero attached hydrogens (tertiary/aromatic N) is 3. The van der Waals surface area contributed by atoms with E-state index in [2.05, 4.69) is 15.2 Å². The summed E-state index contributed by atoms with van der Waals surface area (Å²) in [6.45, 7) is 3.53. The molecule has 0 amide bonds. The molecule has 2 aromatic rings. The van der Waals surface area contributed by atoms with Crippen LogP contribution in [0.25, 0.3) is 0 Å². The predicted octanol–water partition coefficient (Wildman–Crippen LogP) is 1.43. The van der Waals surface area contributed by atoms with Crippen molar-refractivity contribution in [3.8, 4) is 0 Å². The van der Waals surface area contributed by atoms with E-state index in [1.54, 1.807) is 18.2 Å². The van der Waals surface area contributed by atoms with Crippen molar-refractivity contribution in [1.82, 2.24) is 19.5 Å². The highest BCUT2D eigenvalue weighted by Crippen LogP contribution is 2.23. The maximum atomic E-state index is 12.7. The molecule has 2 heterocycles. The first-order chi connectivity index (χ1) is 11.1.